The maximum Gasteiger partial charge on any atom is 0.101 e. The molecule has 1 unspecified atom stereocenters. The summed E-state index contributed by atoms with van der Waals surface area (Å²) in [6.07, 6.45) is 0.373. The van der Waals surface area contributed by atoms with Crippen molar-refractivity contribution >= 4 is 22.6 Å². The number of aromatic nitrogens is 1. The van der Waals surface area contributed by atoms with Crippen molar-refractivity contribution in [2.75, 3.05) is 0 Å². The molecule has 66 valence electrons. The lowest BCUT2D eigenvalue weighted by Crippen LogP contribution is -2.00. The highest BCUT2D eigenvalue weighted by atomic mass is 127. The van der Waals surface area contributed by atoms with Crippen molar-refractivity contribution in [1.82, 2.24) is 4.98 Å². The van der Waals surface area contributed by atoms with Gasteiger partial charge in [-0.25, -0.2) is 4.98 Å². The zero-order valence-corrected chi connectivity index (χ0v) is 9.37. The number of aryl methyl sites for hydroxylation is 1. The van der Waals surface area contributed by atoms with Gasteiger partial charge in [-0.2, -0.15) is 0 Å². The number of aliphatic hydroxyl groups excluding tert-OH is 1. The van der Waals surface area contributed by atoms with Crippen molar-refractivity contribution in [3.8, 4) is 0 Å². The number of pyridine rings is 1. The number of halogens is 1. The molecule has 0 bridgehead atoms. The Balaban J connectivity index is 3.01. The molecule has 1 aromatic rings. The molecule has 0 aromatic carbocycles. The first-order chi connectivity index (χ1) is 5.65. The van der Waals surface area contributed by atoms with Crippen LogP contribution in [0.5, 0.6) is 0 Å². The summed E-state index contributed by atoms with van der Waals surface area (Å²) < 4.78 is 0.970. The molecule has 0 amide bonds. The van der Waals surface area contributed by atoms with E-state index in [1.54, 1.807) is 0 Å². The molecule has 0 aliphatic carbocycles. The minimum absolute atomic E-state index is 0.366. The van der Waals surface area contributed by atoms with E-state index in [4.69, 9.17) is 0 Å². The average molecular weight is 277 g/mol. The van der Waals surface area contributed by atoms with Crippen molar-refractivity contribution in [2.45, 2.75) is 26.4 Å². The predicted molar refractivity (Wildman–Crippen MR) is 56.9 cm³/mol. The lowest BCUT2D eigenvalue weighted by Gasteiger charge is -2.10. The zero-order chi connectivity index (χ0) is 9.14. The molecule has 1 rings (SSSR count). The lowest BCUT2D eigenvalue weighted by molar-refractivity contribution is 0.172. The van der Waals surface area contributed by atoms with Crippen LogP contribution in [0.25, 0.3) is 0 Å². The van der Waals surface area contributed by atoms with Crippen LogP contribution in [-0.2, 0) is 0 Å². The Bertz CT molecular complexity index is 275. The van der Waals surface area contributed by atoms with E-state index < -0.39 is 0 Å². The number of aliphatic hydroxyl groups is 1. The molecule has 12 heavy (non-hydrogen) atoms. The summed E-state index contributed by atoms with van der Waals surface area (Å²) in [5.74, 6) is 0. The Morgan fingerprint density at radius 3 is 2.75 bits per heavy atom. The van der Waals surface area contributed by atoms with Gasteiger partial charge in [-0.15, -0.1) is 0 Å². The smallest absolute Gasteiger partial charge is 0.101 e. The van der Waals surface area contributed by atoms with Gasteiger partial charge in [0.05, 0.1) is 6.10 Å². The SMILES string of the molecule is CCC(O)c1ccc(I)nc1C. The van der Waals surface area contributed by atoms with Crippen molar-refractivity contribution < 1.29 is 5.11 Å². The van der Waals surface area contributed by atoms with Crippen LogP contribution in [0.2, 0.25) is 0 Å². The molecular formula is C9H12INO. The first-order valence-corrected chi connectivity index (χ1v) is 5.04. The number of hydrogen-bond acceptors (Lipinski definition) is 2. The molecule has 0 aliphatic heterocycles. The fourth-order valence-corrected chi connectivity index (χ4v) is 1.65. The molecule has 1 N–H and O–H groups in total. The molecule has 0 saturated heterocycles. The van der Waals surface area contributed by atoms with Crippen LogP contribution in [0.1, 0.15) is 30.7 Å². The van der Waals surface area contributed by atoms with Crippen molar-refractivity contribution in [3.63, 3.8) is 0 Å². The van der Waals surface area contributed by atoms with Gasteiger partial charge < -0.3 is 5.11 Å². The van der Waals surface area contributed by atoms with Gasteiger partial charge in [-0.05, 0) is 42.0 Å². The molecule has 0 aliphatic rings. The monoisotopic (exact) mass is 277 g/mol. The Labute approximate surface area is 86.2 Å². The predicted octanol–water partition coefficient (Wildman–Crippen LogP) is 2.44. The molecule has 0 spiro atoms. The summed E-state index contributed by atoms with van der Waals surface area (Å²) in [4.78, 5) is 4.27. The Morgan fingerprint density at radius 1 is 1.58 bits per heavy atom. The van der Waals surface area contributed by atoms with E-state index in [0.29, 0.717) is 0 Å². The quantitative estimate of drug-likeness (QED) is 0.665. The van der Waals surface area contributed by atoms with Crippen LogP contribution in [0.4, 0.5) is 0 Å². The van der Waals surface area contributed by atoms with E-state index in [9.17, 15) is 5.11 Å². The van der Waals surface area contributed by atoms with Gasteiger partial charge in [0.2, 0.25) is 0 Å². The summed E-state index contributed by atoms with van der Waals surface area (Å²) in [6.45, 7) is 3.89. The largest absolute Gasteiger partial charge is 0.388 e. The van der Waals surface area contributed by atoms with E-state index in [1.807, 2.05) is 26.0 Å². The van der Waals surface area contributed by atoms with E-state index in [1.165, 1.54) is 0 Å². The molecule has 0 saturated carbocycles. The summed E-state index contributed by atoms with van der Waals surface area (Å²) in [5.41, 5.74) is 1.87. The summed E-state index contributed by atoms with van der Waals surface area (Å²) >= 11 is 2.16. The number of hydrogen-bond donors (Lipinski definition) is 1. The van der Waals surface area contributed by atoms with Gasteiger partial charge in [0, 0.05) is 11.3 Å². The maximum absolute atomic E-state index is 9.56. The second kappa shape index (κ2) is 4.18. The lowest BCUT2D eigenvalue weighted by atomic mass is 10.1. The van der Waals surface area contributed by atoms with Crippen molar-refractivity contribution in [2.24, 2.45) is 0 Å². The number of rotatable bonds is 2. The molecule has 0 fully saturated rings. The van der Waals surface area contributed by atoms with Gasteiger partial charge in [-0.1, -0.05) is 13.0 Å². The molecule has 1 aromatic heterocycles. The Morgan fingerprint density at radius 2 is 2.25 bits per heavy atom. The van der Waals surface area contributed by atoms with E-state index in [0.717, 1.165) is 21.4 Å². The highest BCUT2D eigenvalue weighted by Gasteiger charge is 2.08. The van der Waals surface area contributed by atoms with Gasteiger partial charge in [0.25, 0.3) is 0 Å². The molecular weight excluding hydrogens is 265 g/mol. The van der Waals surface area contributed by atoms with Crippen molar-refractivity contribution in [3.05, 3.63) is 27.1 Å². The third-order valence-corrected chi connectivity index (χ3v) is 2.44. The van der Waals surface area contributed by atoms with Crippen LogP contribution in [0.3, 0.4) is 0 Å². The summed E-state index contributed by atoms with van der Waals surface area (Å²) in [5, 5.41) is 9.56. The van der Waals surface area contributed by atoms with E-state index in [-0.39, 0.29) is 6.10 Å². The molecule has 1 heterocycles. The molecule has 0 radical (unpaired) electrons. The number of nitrogens with zero attached hydrogens (tertiary/aromatic N) is 1. The molecule has 1 atom stereocenters. The van der Waals surface area contributed by atoms with E-state index >= 15 is 0 Å². The zero-order valence-electron chi connectivity index (χ0n) is 7.21. The van der Waals surface area contributed by atoms with Crippen LogP contribution >= 0.6 is 22.6 Å². The minimum Gasteiger partial charge on any atom is -0.388 e. The van der Waals surface area contributed by atoms with Crippen LogP contribution < -0.4 is 0 Å². The highest BCUT2D eigenvalue weighted by molar-refractivity contribution is 14.1. The normalized spacial score (nSPS) is 13.0. The van der Waals surface area contributed by atoms with Crippen LogP contribution in [-0.4, -0.2) is 10.1 Å². The van der Waals surface area contributed by atoms with Gasteiger partial charge in [0.1, 0.15) is 3.70 Å². The second-order valence-corrected chi connectivity index (χ2v) is 3.84. The van der Waals surface area contributed by atoms with Gasteiger partial charge >= 0.3 is 0 Å². The maximum atomic E-state index is 9.56. The third-order valence-electron chi connectivity index (χ3n) is 1.84. The first-order valence-electron chi connectivity index (χ1n) is 3.96. The molecule has 2 nitrogen and oxygen atoms in total. The second-order valence-electron chi connectivity index (χ2n) is 2.73. The van der Waals surface area contributed by atoms with Crippen LogP contribution in [0.15, 0.2) is 12.1 Å². The summed E-state index contributed by atoms with van der Waals surface area (Å²) in [7, 11) is 0. The third kappa shape index (κ3) is 2.17. The Hall–Kier alpha value is -0.160. The van der Waals surface area contributed by atoms with Crippen molar-refractivity contribution in [1.29, 1.82) is 0 Å². The topological polar surface area (TPSA) is 33.1 Å². The molecule has 3 heteroatoms. The fourth-order valence-electron chi connectivity index (χ4n) is 1.11. The van der Waals surface area contributed by atoms with Gasteiger partial charge in [0.15, 0.2) is 0 Å². The Kier molecular flexibility index (Phi) is 3.46. The summed E-state index contributed by atoms with van der Waals surface area (Å²) in [6, 6.07) is 3.86. The standard InChI is InChI=1S/C9H12INO/c1-3-8(12)7-4-5-9(10)11-6(7)2/h4-5,8,12H,3H2,1-2H3. The highest BCUT2D eigenvalue weighted by Crippen LogP contribution is 2.19. The first kappa shape index (κ1) is 9.92. The minimum atomic E-state index is -0.366. The van der Waals surface area contributed by atoms with Crippen LogP contribution in [0, 0.1) is 10.6 Å². The van der Waals surface area contributed by atoms with E-state index in [2.05, 4.69) is 27.6 Å². The average Bonchev–Trinajstić information content (AvgIpc) is 2.03. The van der Waals surface area contributed by atoms with Gasteiger partial charge in [-0.3, -0.25) is 0 Å². The fraction of sp³-hybridized carbons (Fsp3) is 0.444.